The second-order valence-corrected chi connectivity index (χ2v) is 3.78. The average Bonchev–Trinajstić information content (AvgIpc) is 2.18. The lowest BCUT2D eigenvalue weighted by Crippen LogP contribution is -2.15. The summed E-state index contributed by atoms with van der Waals surface area (Å²) in [5, 5.41) is 3.36. The Morgan fingerprint density at radius 2 is 2.00 bits per heavy atom. The molecule has 0 aliphatic carbocycles. The molecule has 1 amide bonds. The molecular weight excluding hydrogens is 188 g/mol. The molecule has 0 radical (unpaired) electrons. The lowest BCUT2D eigenvalue weighted by Gasteiger charge is -2.14. The molecule has 0 unspecified atom stereocenters. The van der Waals surface area contributed by atoms with Crippen LogP contribution in [-0.2, 0) is 0 Å². The summed E-state index contributed by atoms with van der Waals surface area (Å²) in [5.74, 6) is -0.386. The van der Waals surface area contributed by atoms with E-state index in [0.717, 1.165) is 18.5 Å². The molecule has 0 saturated heterocycles. The summed E-state index contributed by atoms with van der Waals surface area (Å²) < 4.78 is 0. The summed E-state index contributed by atoms with van der Waals surface area (Å²) in [6.45, 7) is 4.31. The zero-order valence-electron chi connectivity index (χ0n) is 9.29. The molecule has 0 spiro atoms. The number of benzene rings is 1. The SMILES string of the molecule is CCC[C@@H](C)Nc1ccc(C(N)=O)cc1. The molecular formula is C12H18N2O. The van der Waals surface area contributed by atoms with E-state index in [2.05, 4.69) is 19.2 Å². The van der Waals surface area contributed by atoms with Crippen LogP contribution in [0.15, 0.2) is 24.3 Å². The van der Waals surface area contributed by atoms with Crippen LogP contribution in [0.3, 0.4) is 0 Å². The highest BCUT2D eigenvalue weighted by atomic mass is 16.1. The van der Waals surface area contributed by atoms with E-state index in [1.165, 1.54) is 0 Å². The molecule has 3 heteroatoms. The first kappa shape index (κ1) is 11.6. The van der Waals surface area contributed by atoms with Gasteiger partial charge in [-0.15, -0.1) is 0 Å². The van der Waals surface area contributed by atoms with Crippen molar-refractivity contribution in [2.75, 3.05) is 5.32 Å². The van der Waals surface area contributed by atoms with E-state index in [9.17, 15) is 4.79 Å². The second kappa shape index (κ2) is 5.39. The number of nitrogens with one attached hydrogen (secondary N) is 1. The fourth-order valence-corrected chi connectivity index (χ4v) is 1.52. The van der Waals surface area contributed by atoms with Gasteiger partial charge in [0.25, 0.3) is 0 Å². The Kier molecular flexibility index (Phi) is 4.16. The number of hydrogen-bond donors (Lipinski definition) is 2. The smallest absolute Gasteiger partial charge is 0.248 e. The molecule has 0 aliphatic heterocycles. The van der Waals surface area contributed by atoms with Crippen molar-refractivity contribution in [1.29, 1.82) is 0 Å². The quantitative estimate of drug-likeness (QED) is 0.777. The van der Waals surface area contributed by atoms with Gasteiger partial charge in [0.1, 0.15) is 0 Å². The van der Waals surface area contributed by atoms with E-state index in [0.29, 0.717) is 11.6 Å². The van der Waals surface area contributed by atoms with Gasteiger partial charge in [-0.3, -0.25) is 4.79 Å². The Labute approximate surface area is 90.7 Å². The van der Waals surface area contributed by atoms with Crippen LogP contribution in [-0.4, -0.2) is 11.9 Å². The van der Waals surface area contributed by atoms with Crippen molar-refractivity contribution in [3.63, 3.8) is 0 Å². The maximum atomic E-state index is 10.8. The van der Waals surface area contributed by atoms with Crippen molar-refractivity contribution < 1.29 is 4.79 Å². The third-order valence-electron chi connectivity index (χ3n) is 2.30. The van der Waals surface area contributed by atoms with Crippen LogP contribution in [0.5, 0.6) is 0 Å². The van der Waals surface area contributed by atoms with Gasteiger partial charge in [-0.1, -0.05) is 13.3 Å². The molecule has 82 valence electrons. The Balaban J connectivity index is 2.60. The Morgan fingerprint density at radius 1 is 1.40 bits per heavy atom. The minimum atomic E-state index is -0.386. The first-order valence-electron chi connectivity index (χ1n) is 5.30. The number of hydrogen-bond acceptors (Lipinski definition) is 2. The first-order valence-corrected chi connectivity index (χ1v) is 5.30. The number of primary amides is 1. The van der Waals surface area contributed by atoms with E-state index in [4.69, 9.17) is 5.73 Å². The van der Waals surface area contributed by atoms with Crippen molar-refractivity contribution >= 4 is 11.6 Å². The minimum Gasteiger partial charge on any atom is -0.383 e. The highest BCUT2D eigenvalue weighted by molar-refractivity contribution is 5.93. The largest absolute Gasteiger partial charge is 0.383 e. The molecule has 0 heterocycles. The topological polar surface area (TPSA) is 55.1 Å². The van der Waals surface area contributed by atoms with Gasteiger partial charge >= 0.3 is 0 Å². The minimum absolute atomic E-state index is 0.386. The summed E-state index contributed by atoms with van der Waals surface area (Å²) in [4.78, 5) is 10.8. The van der Waals surface area contributed by atoms with Crippen molar-refractivity contribution in [1.82, 2.24) is 0 Å². The molecule has 1 aromatic carbocycles. The molecule has 1 atom stereocenters. The predicted molar refractivity (Wildman–Crippen MR) is 63.0 cm³/mol. The van der Waals surface area contributed by atoms with Gasteiger partial charge in [0.15, 0.2) is 0 Å². The van der Waals surface area contributed by atoms with Crippen LogP contribution >= 0.6 is 0 Å². The summed E-state index contributed by atoms with van der Waals surface area (Å²) in [5.41, 5.74) is 6.73. The third kappa shape index (κ3) is 3.62. The molecule has 0 aromatic heterocycles. The fraction of sp³-hybridized carbons (Fsp3) is 0.417. The number of carbonyl (C=O) groups excluding carboxylic acids is 1. The standard InChI is InChI=1S/C12H18N2O/c1-3-4-9(2)14-11-7-5-10(6-8-11)12(13)15/h5-9,14H,3-4H2,1-2H3,(H2,13,15)/t9-/m1/s1. The Hall–Kier alpha value is -1.51. The zero-order valence-corrected chi connectivity index (χ0v) is 9.29. The van der Waals surface area contributed by atoms with Crippen molar-refractivity contribution in [2.24, 2.45) is 5.73 Å². The third-order valence-corrected chi connectivity index (χ3v) is 2.30. The Bertz CT molecular complexity index is 319. The van der Waals surface area contributed by atoms with Crippen molar-refractivity contribution in [3.05, 3.63) is 29.8 Å². The van der Waals surface area contributed by atoms with Crippen molar-refractivity contribution in [2.45, 2.75) is 32.7 Å². The molecule has 3 N–H and O–H groups in total. The maximum absolute atomic E-state index is 10.8. The van der Waals surface area contributed by atoms with Gasteiger partial charge in [0.2, 0.25) is 5.91 Å². The second-order valence-electron chi connectivity index (χ2n) is 3.78. The van der Waals surface area contributed by atoms with Gasteiger partial charge in [0.05, 0.1) is 0 Å². The summed E-state index contributed by atoms with van der Waals surface area (Å²) in [7, 11) is 0. The van der Waals surface area contributed by atoms with Crippen LogP contribution in [0.25, 0.3) is 0 Å². The Morgan fingerprint density at radius 3 is 2.47 bits per heavy atom. The molecule has 0 saturated carbocycles. The van der Waals surface area contributed by atoms with E-state index in [1.807, 2.05) is 12.1 Å². The van der Waals surface area contributed by atoms with Gasteiger partial charge in [-0.25, -0.2) is 0 Å². The summed E-state index contributed by atoms with van der Waals surface area (Å²) in [6.07, 6.45) is 2.30. The monoisotopic (exact) mass is 206 g/mol. The molecule has 0 bridgehead atoms. The molecule has 1 rings (SSSR count). The molecule has 3 nitrogen and oxygen atoms in total. The van der Waals surface area contributed by atoms with Gasteiger partial charge in [0, 0.05) is 17.3 Å². The lowest BCUT2D eigenvalue weighted by atomic mass is 10.1. The van der Waals surface area contributed by atoms with Crippen LogP contribution in [0.2, 0.25) is 0 Å². The summed E-state index contributed by atoms with van der Waals surface area (Å²) in [6, 6.07) is 7.69. The molecule has 0 aliphatic rings. The lowest BCUT2D eigenvalue weighted by molar-refractivity contribution is 0.100. The average molecular weight is 206 g/mol. The zero-order chi connectivity index (χ0) is 11.3. The van der Waals surface area contributed by atoms with Crippen molar-refractivity contribution in [3.8, 4) is 0 Å². The van der Waals surface area contributed by atoms with E-state index >= 15 is 0 Å². The normalized spacial score (nSPS) is 12.1. The number of anilines is 1. The van der Waals surface area contributed by atoms with Crippen LogP contribution in [0.4, 0.5) is 5.69 Å². The van der Waals surface area contributed by atoms with Gasteiger partial charge in [-0.2, -0.15) is 0 Å². The van der Waals surface area contributed by atoms with Gasteiger partial charge in [-0.05, 0) is 37.6 Å². The molecule has 1 aromatic rings. The summed E-state index contributed by atoms with van der Waals surface area (Å²) >= 11 is 0. The van der Waals surface area contributed by atoms with Crippen LogP contribution in [0.1, 0.15) is 37.0 Å². The maximum Gasteiger partial charge on any atom is 0.248 e. The number of rotatable bonds is 5. The number of nitrogens with two attached hydrogens (primary N) is 1. The van der Waals surface area contributed by atoms with Crippen LogP contribution in [0, 0.1) is 0 Å². The van der Waals surface area contributed by atoms with E-state index in [1.54, 1.807) is 12.1 Å². The van der Waals surface area contributed by atoms with E-state index in [-0.39, 0.29) is 5.91 Å². The predicted octanol–water partition coefficient (Wildman–Crippen LogP) is 2.39. The fourth-order valence-electron chi connectivity index (χ4n) is 1.52. The number of carbonyl (C=O) groups is 1. The first-order chi connectivity index (χ1) is 7.13. The van der Waals surface area contributed by atoms with Crippen LogP contribution < -0.4 is 11.1 Å². The highest BCUT2D eigenvalue weighted by Crippen LogP contribution is 2.12. The highest BCUT2D eigenvalue weighted by Gasteiger charge is 2.02. The number of amides is 1. The van der Waals surface area contributed by atoms with Gasteiger partial charge < -0.3 is 11.1 Å². The molecule has 0 fully saturated rings. The van der Waals surface area contributed by atoms with E-state index < -0.39 is 0 Å². The molecule has 15 heavy (non-hydrogen) atoms.